The van der Waals surface area contributed by atoms with Crippen LogP contribution in [0, 0.1) is 0 Å². The molecule has 1 aromatic heterocycles. The van der Waals surface area contributed by atoms with Crippen molar-refractivity contribution in [1.29, 1.82) is 0 Å². The monoisotopic (exact) mass is 458 g/mol. The molecule has 0 saturated carbocycles. The zero-order valence-corrected chi connectivity index (χ0v) is 17.7. The van der Waals surface area contributed by atoms with E-state index in [1.807, 2.05) is 30.3 Å². The summed E-state index contributed by atoms with van der Waals surface area (Å²) in [5.74, 6) is -0.544. The highest BCUT2D eigenvalue weighted by atomic mass is 35.5. The summed E-state index contributed by atoms with van der Waals surface area (Å²) in [6.45, 7) is 0. The Morgan fingerprint density at radius 2 is 1.76 bits per heavy atom. The predicted octanol–water partition coefficient (Wildman–Crippen LogP) is 5.35. The number of anilines is 1. The molecule has 162 valence electrons. The van der Waals surface area contributed by atoms with Crippen LogP contribution in [0.5, 0.6) is 5.88 Å². The highest BCUT2D eigenvalue weighted by molar-refractivity contribution is 6.30. The van der Waals surface area contributed by atoms with E-state index in [4.69, 9.17) is 11.6 Å². The molecule has 0 atom stereocenters. The van der Waals surface area contributed by atoms with Gasteiger partial charge < -0.3 is 10.4 Å². The van der Waals surface area contributed by atoms with Crippen LogP contribution in [0.15, 0.2) is 82.0 Å². The van der Waals surface area contributed by atoms with Gasteiger partial charge in [0.15, 0.2) is 5.78 Å². The van der Waals surface area contributed by atoms with Crippen LogP contribution in [0.25, 0.3) is 10.8 Å². The number of nitrogens with zero attached hydrogens (tertiary/aromatic N) is 5. The third-order valence-corrected chi connectivity index (χ3v) is 5.28. The largest absolute Gasteiger partial charge is 0.491 e. The normalized spacial score (nSPS) is 13.4. The highest BCUT2D eigenvalue weighted by Crippen LogP contribution is 2.32. The second-order valence-electron chi connectivity index (χ2n) is 7.22. The first-order valence-corrected chi connectivity index (χ1v) is 10.3. The summed E-state index contributed by atoms with van der Waals surface area (Å²) in [6, 6.07) is 18.9. The Kier molecular flexibility index (Phi) is 5.15. The van der Waals surface area contributed by atoms with Gasteiger partial charge in [0, 0.05) is 16.3 Å². The minimum atomic E-state index is -0.709. The van der Waals surface area contributed by atoms with Gasteiger partial charge in [-0.05, 0) is 41.1 Å². The Labute approximate surface area is 192 Å². The zero-order valence-electron chi connectivity index (χ0n) is 16.9. The number of rotatable bonds is 4. The second kappa shape index (κ2) is 8.29. The summed E-state index contributed by atoms with van der Waals surface area (Å²) in [4.78, 5) is 33.2. The van der Waals surface area contributed by atoms with Gasteiger partial charge in [0.25, 0.3) is 11.8 Å². The fraction of sp³-hybridized carbons (Fsp3) is 0.0435. The molecule has 10 heteroatoms. The van der Waals surface area contributed by atoms with E-state index in [0.717, 1.165) is 10.8 Å². The van der Waals surface area contributed by atoms with Crippen LogP contribution >= 0.6 is 11.6 Å². The molecule has 2 N–H and O–H groups in total. The number of aliphatic imine (C=N–C) groups is 1. The first kappa shape index (κ1) is 20.5. The number of ketones is 1. The van der Waals surface area contributed by atoms with Crippen LogP contribution in [0.4, 0.5) is 16.3 Å². The van der Waals surface area contributed by atoms with E-state index in [-0.39, 0.29) is 29.8 Å². The van der Waals surface area contributed by atoms with Crippen molar-refractivity contribution in [3.05, 3.63) is 83.1 Å². The summed E-state index contributed by atoms with van der Waals surface area (Å²) in [6.07, 6.45) is -0.144. The summed E-state index contributed by atoms with van der Waals surface area (Å²) in [7, 11) is 0. The van der Waals surface area contributed by atoms with E-state index in [2.05, 4.69) is 25.5 Å². The average Bonchev–Trinajstić information content (AvgIpc) is 3.36. The van der Waals surface area contributed by atoms with E-state index in [9.17, 15) is 14.7 Å². The van der Waals surface area contributed by atoms with Gasteiger partial charge in [-0.25, -0.2) is 9.36 Å². The Morgan fingerprint density at radius 1 is 1.00 bits per heavy atom. The fourth-order valence-electron chi connectivity index (χ4n) is 3.46. The van der Waals surface area contributed by atoms with Gasteiger partial charge in [-0.3, -0.25) is 4.79 Å². The molecule has 0 saturated heterocycles. The SMILES string of the molecule is O=C(N=C1N=Nc2c(O)nc(CC(=O)c3ccc4ccccc4c3)n21)Nc1ccc(Cl)cc1. The van der Waals surface area contributed by atoms with Crippen molar-refractivity contribution in [3.63, 3.8) is 0 Å². The number of nitrogens with one attached hydrogen (secondary N) is 1. The number of urea groups is 1. The number of halogens is 1. The number of azo groups is 1. The number of carbonyl (C=O) groups excluding carboxylic acids is 2. The molecular weight excluding hydrogens is 444 g/mol. The van der Waals surface area contributed by atoms with Gasteiger partial charge >= 0.3 is 6.03 Å². The predicted molar refractivity (Wildman–Crippen MR) is 124 cm³/mol. The number of hydrogen-bond donors (Lipinski definition) is 2. The molecule has 33 heavy (non-hydrogen) atoms. The second-order valence-corrected chi connectivity index (χ2v) is 7.66. The molecule has 1 aliphatic rings. The minimum absolute atomic E-state index is 0.00866. The molecule has 4 aromatic rings. The third kappa shape index (κ3) is 4.09. The molecule has 3 aromatic carbocycles. The molecule has 0 aliphatic carbocycles. The van der Waals surface area contributed by atoms with Gasteiger partial charge in [0.2, 0.25) is 5.82 Å². The molecule has 0 fully saturated rings. The zero-order chi connectivity index (χ0) is 22.9. The lowest BCUT2D eigenvalue weighted by Gasteiger charge is -2.06. The van der Waals surface area contributed by atoms with Crippen molar-refractivity contribution in [2.24, 2.45) is 15.2 Å². The van der Waals surface area contributed by atoms with Crippen molar-refractivity contribution in [2.75, 3.05) is 5.32 Å². The third-order valence-electron chi connectivity index (χ3n) is 5.03. The van der Waals surface area contributed by atoms with Crippen LogP contribution in [0.1, 0.15) is 16.2 Å². The molecule has 2 amide bonds. The van der Waals surface area contributed by atoms with Crippen molar-refractivity contribution < 1.29 is 14.7 Å². The fourth-order valence-corrected chi connectivity index (χ4v) is 3.58. The van der Waals surface area contributed by atoms with Gasteiger partial charge in [0.1, 0.15) is 5.82 Å². The smallest absolute Gasteiger partial charge is 0.348 e. The highest BCUT2D eigenvalue weighted by Gasteiger charge is 2.27. The van der Waals surface area contributed by atoms with Gasteiger partial charge in [0.05, 0.1) is 6.42 Å². The summed E-state index contributed by atoms with van der Waals surface area (Å²) < 4.78 is 1.29. The van der Waals surface area contributed by atoms with Crippen molar-refractivity contribution in [3.8, 4) is 5.88 Å². The Bertz CT molecular complexity index is 1470. The molecule has 0 radical (unpaired) electrons. The maximum atomic E-state index is 12.9. The van der Waals surface area contributed by atoms with Gasteiger partial charge in [-0.1, -0.05) is 48.0 Å². The minimum Gasteiger partial charge on any atom is -0.491 e. The standard InChI is InChI=1S/C23H15ClN6O3/c24-16-7-9-17(10-8-16)25-23(33)27-22-29-28-20-21(32)26-19(30(20)22)12-18(31)15-6-5-13-3-1-2-4-14(13)11-15/h1-11,32H,12H2,(H,25,33). The molecule has 5 rings (SSSR count). The number of hydrogen-bond acceptors (Lipinski definition) is 5. The molecular formula is C23H15ClN6O3. The van der Waals surface area contributed by atoms with Crippen LogP contribution in [0.2, 0.25) is 5.02 Å². The van der Waals surface area contributed by atoms with Crippen LogP contribution < -0.4 is 5.32 Å². The number of Topliss-reactive ketones (excluding diaryl/α,β-unsaturated/α-hetero) is 1. The molecule has 0 bridgehead atoms. The molecule has 9 nitrogen and oxygen atoms in total. The quantitative estimate of drug-likeness (QED) is 0.400. The Hall–Kier alpha value is -4.37. The number of benzene rings is 3. The summed E-state index contributed by atoms with van der Waals surface area (Å²) in [5, 5.41) is 22.9. The van der Waals surface area contributed by atoms with Gasteiger partial charge in [-0.15, -0.1) is 10.2 Å². The van der Waals surface area contributed by atoms with E-state index in [1.165, 1.54) is 4.57 Å². The van der Waals surface area contributed by atoms with E-state index in [1.54, 1.807) is 36.4 Å². The van der Waals surface area contributed by atoms with Crippen molar-refractivity contribution >= 4 is 51.7 Å². The number of fused-ring (bicyclic) bond motifs is 2. The molecule has 0 spiro atoms. The van der Waals surface area contributed by atoms with Crippen LogP contribution in [0.3, 0.4) is 0 Å². The van der Waals surface area contributed by atoms with Crippen LogP contribution in [-0.4, -0.2) is 32.4 Å². The van der Waals surface area contributed by atoms with Crippen molar-refractivity contribution in [2.45, 2.75) is 6.42 Å². The lowest BCUT2D eigenvalue weighted by atomic mass is 10.0. The topological polar surface area (TPSA) is 121 Å². The Balaban J connectivity index is 1.40. The molecule has 1 aliphatic heterocycles. The van der Waals surface area contributed by atoms with Gasteiger partial charge in [-0.2, -0.15) is 9.98 Å². The van der Waals surface area contributed by atoms with E-state index >= 15 is 0 Å². The van der Waals surface area contributed by atoms with E-state index in [0.29, 0.717) is 16.3 Å². The molecule has 0 unspecified atom stereocenters. The first-order valence-electron chi connectivity index (χ1n) is 9.88. The number of carbonyl (C=O) groups is 2. The van der Waals surface area contributed by atoms with E-state index < -0.39 is 11.9 Å². The summed E-state index contributed by atoms with van der Waals surface area (Å²) >= 11 is 5.85. The maximum Gasteiger partial charge on any atom is 0.348 e. The first-order chi connectivity index (χ1) is 16.0. The Morgan fingerprint density at radius 3 is 2.55 bits per heavy atom. The molecule has 2 heterocycles. The number of amides is 2. The van der Waals surface area contributed by atoms with Crippen molar-refractivity contribution in [1.82, 2.24) is 9.55 Å². The number of aromatic nitrogens is 2. The lowest BCUT2D eigenvalue weighted by molar-refractivity contribution is 0.0990. The maximum absolute atomic E-state index is 12.9. The number of imidazole rings is 1. The number of aromatic hydroxyl groups is 1. The van der Waals surface area contributed by atoms with Crippen LogP contribution in [-0.2, 0) is 6.42 Å². The lowest BCUT2D eigenvalue weighted by Crippen LogP contribution is -2.17. The average molecular weight is 459 g/mol. The summed E-state index contributed by atoms with van der Waals surface area (Å²) in [5.41, 5.74) is 0.987.